The first-order valence-corrected chi connectivity index (χ1v) is 7.39. The molecule has 3 rings (SSSR count). The average Bonchev–Trinajstić information content (AvgIpc) is 2.90. The number of benzene rings is 2. The lowest BCUT2D eigenvalue weighted by Crippen LogP contribution is -1.98. The van der Waals surface area contributed by atoms with Gasteiger partial charge < -0.3 is 14.4 Å². The maximum absolute atomic E-state index is 13.4. The van der Waals surface area contributed by atoms with Gasteiger partial charge in [-0.15, -0.1) is 0 Å². The van der Waals surface area contributed by atoms with Crippen LogP contribution in [-0.4, -0.2) is 22.8 Å². The Hall–Kier alpha value is -3.08. The predicted octanol–water partition coefficient (Wildman–Crippen LogP) is 3.94. The summed E-state index contributed by atoms with van der Waals surface area (Å²) in [6.07, 6.45) is 4.50. The number of fused-ring (bicyclic) bond motifs is 1. The van der Waals surface area contributed by atoms with Gasteiger partial charge in [-0.1, -0.05) is 12.1 Å². The summed E-state index contributed by atoms with van der Waals surface area (Å²) in [7, 11) is 1.58. The van der Waals surface area contributed by atoms with E-state index in [1.807, 2.05) is 35.0 Å². The quantitative estimate of drug-likeness (QED) is 0.723. The van der Waals surface area contributed by atoms with E-state index in [0.717, 1.165) is 28.1 Å². The van der Waals surface area contributed by atoms with Crippen molar-refractivity contribution in [3.63, 3.8) is 0 Å². The second-order valence-corrected chi connectivity index (χ2v) is 5.40. The van der Waals surface area contributed by atoms with Gasteiger partial charge in [-0.05, 0) is 42.0 Å². The second-order valence-electron chi connectivity index (χ2n) is 5.40. The minimum absolute atomic E-state index is 0.281. The van der Waals surface area contributed by atoms with Gasteiger partial charge in [0.05, 0.1) is 7.11 Å². The highest BCUT2D eigenvalue weighted by molar-refractivity contribution is 5.94. The van der Waals surface area contributed by atoms with Crippen LogP contribution in [0.5, 0.6) is 5.75 Å². The van der Waals surface area contributed by atoms with Crippen molar-refractivity contribution in [2.24, 2.45) is 0 Å². The fourth-order valence-electron chi connectivity index (χ4n) is 2.69. The minimum Gasteiger partial charge on any atom is -0.497 e. The Morgan fingerprint density at radius 1 is 1.29 bits per heavy atom. The van der Waals surface area contributed by atoms with Gasteiger partial charge in [-0.25, -0.2) is 9.18 Å². The van der Waals surface area contributed by atoms with Crippen molar-refractivity contribution in [1.82, 2.24) is 4.57 Å². The van der Waals surface area contributed by atoms with E-state index in [0.29, 0.717) is 12.3 Å². The van der Waals surface area contributed by atoms with Crippen molar-refractivity contribution >= 4 is 22.9 Å². The molecule has 0 atom stereocenters. The van der Waals surface area contributed by atoms with Crippen LogP contribution in [0.2, 0.25) is 0 Å². The first-order chi connectivity index (χ1) is 11.6. The topological polar surface area (TPSA) is 51.5 Å². The van der Waals surface area contributed by atoms with Gasteiger partial charge in [-0.3, -0.25) is 0 Å². The summed E-state index contributed by atoms with van der Waals surface area (Å²) >= 11 is 0. The molecule has 0 amide bonds. The van der Waals surface area contributed by atoms with E-state index in [2.05, 4.69) is 0 Å². The number of carbonyl (C=O) groups is 1. The molecule has 0 radical (unpaired) electrons. The van der Waals surface area contributed by atoms with Crippen LogP contribution in [0.4, 0.5) is 4.39 Å². The van der Waals surface area contributed by atoms with Gasteiger partial charge in [-0.2, -0.15) is 0 Å². The molecule has 0 fully saturated rings. The summed E-state index contributed by atoms with van der Waals surface area (Å²) in [5, 5.41) is 9.74. The zero-order valence-electron chi connectivity index (χ0n) is 13.1. The first-order valence-electron chi connectivity index (χ1n) is 7.39. The van der Waals surface area contributed by atoms with Gasteiger partial charge in [0.2, 0.25) is 0 Å². The van der Waals surface area contributed by atoms with E-state index < -0.39 is 5.97 Å². The Bertz CT molecular complexity index is 928. The predicted molar refractivity (Wildman–Crippen MR) is 90.7 cm³/mol. The Morgan fingerprint density at radius 2 is 2.12 bits per heavy atom. The molecule has 0 aliphatic rings. The maximum Gasteiger partial charge on any atom is 0.328 e. The average molecular weight is 325 g/mol. The monoisotopic (exact) mass is 325 g/mol. The third kappa shape index (κ3) is 3.30. The molecule has 122 valence electrons. The number of hydrogen-bond donors (Lipinski definition) is 1. The lowest BCUT2D eigenvalue weighted by atomic mass is 10.1. The van der Waals surface area contributed by atoms with Gasteiger partial charge in [0.1, 0.15) is 11.6 Å². The van der Waals surface area contributed by atoms with Crippen LogP contribution in [0, 0.1) is 5.82 Å². The first kappa shape index (κ1) is 15.8. The second kappa shape index (κ2) is 6.58. The number of ether oxygens (including phenoxy) is 1. The highest BCUT2D eigenvalue weighted by atomic mass is 19.1. The maximum atomic E-state index is 13.4. The molecule has 1 heterocycles. The van der Waals surface area contributed by atoms with E-state index in [1.165, 1.54) is 12.1 Å². The molecule has 5 heteroatoms. The number of carboxylic acid groups (broad SMARTS) is 1. The molecule has 24 heavy (non-hydrogen) atoms. The fourth-order valence-corrected chi connectivity index (χ4v) is 2.69. The van der Waals surface area contributed by atoms with Crippen molar-refractivity contribution in [2.45, 2.75) is 6.54 Å². The molecule has 1 N–H and O–H groups in total. The number of aliphatic carboxylic acids is 1. The normalized spacial score (nSPS) is 11.2. The van der Waals surface area contributed by atoms with Crippen LogP contribution >= 0.6 is 0 Å². The van der Waals surface area contributed by atoms with Gasteiger partial charge in [0, 0.05) is 35.3 Å². The summed E-state index contributed by atoms with van der Waals surface area (Å²) in [6, 6.07) is 12.0. The number of halogens is 1. The summed E-state index contributed by atoms with van der Waals surface area (Å²) in [5.41, 5.74) is 2.52. The molecule has 3 aromatic rings. The molecular formula is C19H16FNO3. The Morgan fingerprint density at radius 3 is 2.83 bits per heavy atom. The number of carboxylic acids is 1. The summed E-state index contributed by atoms with van der Waals surface area (Å²) in [6.45, 7) is 0.488. The molecule has 1 aromatic heterocycles. The van der Waals surface area contributed by atoms with E-state index in [4.69, 9.17) is 9.84 Å². The minimum atomic E-state index is -1.01. The molecule has 0 saturated carbocycles. The SMILES string of the molecule is COc1ccc2c(c1)c(/C=C/C(=O)O)cn2Cc1cccc(F)c1. The molecule has 0 unspecified atom stereocenters. The van der Waals surface area contributed by atoms with Gasteiger partial charge >= 0.3 is 5.97 Å². The standard InChI is InChI=1S/C19H16FNO3/c1-24-16-6-7-18-17(10-16)14(5-8-19(22)23)12-21(18)11-13-3-2-4-15(20)9-13/h2-10,12H,11H2,1H3,(H,22,23)/b8-5+. The Labute approximate surface area is 138 Å². The molecule has 0 spiro atoms. The highest BCUT2D eigenvalue weighted by Gasteiger charge is 2.09. The van der Waals surface area contributed by atoms with Crippen LogP contribution in [0.3, 0.4) is 0 Å². The lowest BCUT2D eigenvalue weighted by Gasteiger charge is -2.06. The highest BCUT2D eigenvalue weighted by Crippen LogP contribution is 2.27. The molecule has 2 aromatic carbocycles. The van der Waals surface area contributed by atoms with E-state index in [-0.39, 0.29) is 5.82 Å². The van der Waals surface area contributed by atoms with Crippen molar-refractivity contribution in [3.05, 3.63) is 71.7 Å². The molecular weight excluding hydrogens is 309 g/mol. The van der Waals surface area contributed by atoms with Crippen molar-refractivity contribution < 1.29 is 19.0 Å². The van der Waals surface area contributed by atoms with Crippen LogP contribution < -0.4 is 4.74 Å². The number of methoxy groups -OCH3 is 1. The van der Waals surface area contributed by atoms with Crippen molar-refractivity contribution in [1.29, 1.82) is 0 Å². The molecule has 0 bridgehead atoms. The zero-order chi connectivity index (χ0) is 17.1. The number of nitrogens with zero attached hydrogens (tertiary/aromatic N) is 1. The van der Waals surface area contributed by atoms with Crippen LogP contribution in [-0.2, 0) is 11.3 Å². The summed E-state index contributed by atoms with van der Waals surface area (Å²) < 4.78 is 20.6. The van der Waals surface area contributed by atoms with Crippen LogP contribution in [0.15, 0.2) is 54.7 Å². The molecule has 0 saturated heterocycles. The van der Waals surface area contributed by atoms with Crippen LogP contribution in [0.25, 0.3) is 17.0 Å². The van der Waals surface area contributed by atoms with Crippen molar-refractivity contribution in [2.75, 3.05) is 7.11 Å². The molecule has 0 aliphatic heterocycles. The van der Waals surface area contributed by atoms with E-state index in [9.17, 15) is 9.18 Å². The third-order valence-electron chi connectivity index (χ3n) is 3.77. The summed E-state index contributed by atoms with van der Waals surface area (Å²) in [4.78, 5) is 10.8. The number of rotatable bonds is 5. The lowest BCUT2D eigenvalue weighted by molar-refractivity contribution is -0.131. The van der Waals surface area contributed by atoms with E-state index in [1.54, 1.807) is 19.3 Å². The Kier molecular flexibility index (Phi) is 4.33. The van der Waals surface area contributed by atoms with Gasteiger partial charge in [0.15, 0.2) is 0 Å². The molecule has 0 aliphatic carbocycles. The Balaban J connectivity index is 2.08. The van der Waals surface area contributed by atoms with Gasteiger partial charge in [0.25, 0.3) is 0 Å². The number of hydrogen-bond acceptors (Lipinski definition) is 2. The third-order valence-corrected chi connectivity index (χ3v) is 3.77. The summed E-state index contributed by atoms with van der Waals surface area (Å²) in [5.74, 6) is -0.600. The largest absolute Gasteiger partial charge is 0.497 e. The van der Waals surface area contributed by atoms with Crippen LogP contribution in [0.1, 0.15) is 11.1 Å². The number of aromatic nitrogens is 1. The molecule has 4 nitrogen and oxygen atoms in total. The van der Waals surface area contributed by atoms with E-state index >= 15 is 0 Å². The zero-order valence-corrected chi connectivity index (χ0v) is 13.1. The smallest absolute Gasteiger partial charge is 0.328 e. The fraction of sp³-hybridized carbons (Fsp3) is 0.105. The van der Waals surface area contributed by atoms with Crippen molar-refractivity contribution in [3.8, 4) is 5.75 Å².